The summed E-state index contributed by atoms with van der Waals surface area (Å²) >= 11 is 12.3. The number of hydrogen-bond donors (Lipinski definition) is 1. The van der Waals surface area contributed by atoms with Gasteiger partial charge in [-0.1, -0.05) is 29.3 Å². The van der Waals surface area contributed by atoms with Crippen LogP contribution in [0.15, 0.2) is 53.6 Å². The van der Waals surface area contributed by atoms with Crippen LogP contribution in [0.25, 0.3) is 17.1 Å². The Balaban J connectivity index is 1.47. The van der Waals surface area contributed by atoms with E-state index < -0.39 is 40.3 Å². The van der Waals surface area contributed by atoms with Crippen molar-refractivity contribution in [3.8, 4) is 17.1 Å². The number of para-hydroxylation sites is 1. The van der Waals surface area contributed by atoms with Crippen molar-refractivity contribution >= 4 is 38.9 Å². The van der Waals surface area contributed by atoms with Gasteiger partial charge in [-0.3, -0.25) is 9.36 Å². The molecule has 1 atom stereocenters. The highest BCUT2D eigenvalue weighted by Gasteiger charge is 2.39. The maximum atomic E-state index is 13.3. The van der Waals surface area contributed by atoms with E-state index in [1.54, 1.807) is 6.07 Å². The standard InChI is InChI=1S/C25H22Cl2F3N7O5S/c26-16-6-4-15(5-7-16)22-33-36(24(40)35(22)12-19(38)25(28,29)30)13-20-31-14-37(32-20)21-17(2-1-3-18(21)27)23(39)34-8-10-43(41,42)11-9-34/h1-7,14,19,38H,8-13H2/t19-/m0/s1. The van der Waals surface area contributed by atoms with Gasteiger partial charge in [-0.25, -0.2) is 27.6 Å². The van der Waals surface area contributed by atoms with Crippen molar-refractivity contribution in [3.05, 3.63) is 80.7 Å². The molecule has 1 fully saturated rings. The summed E-state index contributed by atoms with van der Waals surface area (Å²) in [5.41, 5.74) is -0.388. The highest BCUT2D eigenvalue weighted by Crippen LogP contribution is 2.27. The van der Waals surface area contributed by atoms with Crippen LogP contribution < -0.4 is 5.69 Å². The van der Waals surface area contributed by atoms with Gasteiger partial charge in [0.05, 0.1) is 34.3 Å². The Bertz CT molecular complexity index is 1820. The molecule has 5 rings (SSSR count). The number of benzene rings is 2. The van der Waals surface area contributed by atoms with Crippen molar-refractivity contribution in [1.82, 2.24) is 34.0 Å². The van der Waals surface area contributed by atoms with Gasteiger partial charge >= 0.3 is 11.9 Å². The number of aliphatic hydroxyl groups excluding tert-OH is 1. The lowest BCUT2D eigenvalue weighted by molar-refractivity contribution is -0.207. The van der Waals surface area contributed by atoms with Crippen LogP contribution in [0.5, 0.6) is 0 Å². The van der Waals surface area contributed by atoms with E-state index in [1.807, 2.05) is 0 Å². The molecule has 0 saturated carbocycles. The SMILES string of the molecule is O=C(c1cccc(Cl)c1-n1cnc(Cn2nc(-c3ccc(Cl)cc3)n(C[C@H](O)C(F)(F)F)c2=O)n1)N1CCS(=O)(=O)CC1. The van der Waals surface area contributed by atoms with Crippen LogP contribution in [0.1, 0.15) is 16.2 Å². The molecule has 2 aromatic carbocycles. The summed E-state index contributed by atoms with van der Waals surface area (Å²) < 4.78 is 65.8. The number of amides is 1. The molecule has 2 aromatic heterocycles. The van der Waals surface area contributed by atoms with E-state index in [2.05, 4.69) is 15.2 Å². The number of alkyl halides is 3. The van der Waals surface area contributed by atoms with Crippen molar-refractivity contribution in [3.63, 3.8) is 0 Å². The number of aromatic nitrogens is 6. The number of hydrogen-bond acceptors (Lipinski definition) is 8. The van der Waals surface area contributed by atoms with Gasteiger partial charge in [0.15, 0.2) is 27.6 Å². The van der Waals surface area contributed by atoms with E-state index in [0.717, 1.165) is 4.68 Å². The van der Waals surface area contributed by atoms with E-state index in [1.165, 1.54) is 52.3 Å². The number of carbonyl (C=O) groups excluding carboxylic acids is 1. The number of aliphatic hydroxyl groups is 1. The van der Waals surface area contributed by atoms with Gasteiger partial charge in [0.1, 0.15) is 12.9 Å². The fourth-order valence-corrected chi connectivity index (χ4v) is 6.00. The van der Waals surface area contributed by atoms with Crippen molar-refractivity contribution < 1.29 is 31.5 Å². The number of carbonyl (C=O) groups is 1. The lowest BCUT2D eigenvalue weighted by atomic mass is 10.1. The fourth-order valence-electron chi connectivity index (χ4n) is 4.42. The minimum Gasteiger partial charge on any atom is -0.382 e. The normalized spacial score (nSPS) is 15.9. The first kappa shape index (κ1) is 30.7. The van der Waals surface area contributed by atoms with E-state index in [0.29, 0.717) is 9.59 Å². The Morgan fingerprint density at radius 1 is 1.05 bits per heavy atom. The zero-order valence-corrected chi connectivity index (χ0v) is 24.3. The molecule has 228 valence electrons. The third kappa shape index (κ3) is 6.61. The average molecular weight is 660 g/mol. The number of sulfone groups is 1. The van der Waals surface area contributed by atoms with Crippen LogP contribution in [0.4, 0.5) is 13.2 Å². The lowest BCUT2D eigenvalue weighted by Gasteiger charge is -2.27. The number of halogens is 5. The molecule has 1 saturated heterocycles. The molecule has 12 nitrogen and oxygen atoms in total. The lowest BCUT2D eigenvalue weighted by Crippen LogP contribution is -2.44. The van der Waals surface area contributed by atoms with Gasteiger partial charge in [0.25, 0.3) is 5.91 Å². The smallest absolute Gasteiger partial charge is 0.382 e. The first-order chi connectivity index (χ1) is 20.2. The highest BCUT2D eigenvalue weighted by molar-refractivity contribution is 7.91. The Kier molecular flexibility index (Phi) is 8.39. The summed E-state index contributed by atoms with van der Waals surface area (Å²) in [5.74, 6) is -0.932. The van der Waals surface area contributed by atoms with Gasteiger partial charge in [-0.05, 0) is 36.4 Å². The Labute approximate surface area is 251 Å². The first-order valence-electron chi connectivity index (χ1n) is 12.6. The molecule has 1 aliphatic heterocycles. The summed E-state index contributed by atoms with van der Waals surface area (Å²) in [4.78, 5) is 32.0. The van der Waals surface area contributed by atoms with E-state index in [9.17, 15) is 36.3 Å². The van der Waals surface area contributed by atoms with E-state index in [4.69, 9.17) is 23.2 Å². The van der Waals surface area contributed by atoms with Gasteiger partial charge in [0.2, 0.25) is 0 Å². The fraction of sp³-hybridized carbons (Fsp3) is 0.320. The second kappa shape index (κ2) is 11.7. The second-order valence-electron chi connectivity index (χ2n) is 9.62. The molecule has 43 heavy (non-hydrogen) atoms. The Morgan fingerprint density at radius 3 is 2.37 bits per heavy atom. The maximum Gasteiger partial charge on any atom is 0.416 e. The summed E-state index contributed by atoms with van der Waals surface area (Å²) in [7, 11) is -3.23. The van der Waals surface area contributed by atoms with Crippen molar-refractivity contribution in [2.24, 2.45) is 0 Å². The molecule has 1 N–H and O–H groups in total. The molecule has 0 aliphatic carbocycles. The molecule has 4 aromatic rings. The molecular formula is C25H22Cl2F3N7O5S. The highest BCUT2D eigenvalue weighted by atomic mass is 35.5. The molecule has 1 amide bonds. The number of rotatable bonds is 7. The topological polar surface area (TPSA) is 145 Å². The van der Waals surface area contributed by atoms with Gasteiger partial charge in [0, 0.05) is 23.7 Å². The predicted molar refractivity (Wildman–Crippen MR) is 149 cm³/mol. The van der Waals surface area contributed by atoms with Gasteiger partial charge < -0.3 is 10.0 Å². The monoisotopic (exact) mass is 659 g/mol. The van der Waals surface area contributed by atoms with Crippen LogP contribution in [0, 0.1) is 0 Å². The molecule has 3 heterocycles. The largest absolute Gasteiger partial charge is 0.416 e. The van der Waals surface area contributed by atoms with Crippen molar-refractivity contribution in [1.29, 1.82) is 0 Å². The molecule has 0 bridgehead atoms. The molecule has 1 aliphatic rings. The molecule has 0 unspecified atom stereocenters. The second-order valence-corrected chi connectivity index (χ2v) is 12.8. The summed E-state index contributed by atoms with van der Waals surface area (Å²) in [6.45, 7) is -1.45. The summed E-state index contributed by atoms with van der Waals surface area (Å²) in [6.07, 6.45) is -6.57. The number of nitrogens with zero attached hydrogens (tertiary/aromatic N) is 7. The van der Waals surface area contributed by atoms with Crippen molar-refractivity contribution in [2.45, 2.75) is 25.4 Å². The molecular weight excluding hydrogens is 638 g/mol. The van der Waals surface area contributed by atoms with Gasteiger partial charge in [-0.15, -0.1) is 10.2 Å². The zero-order chi connectivity index (χ0) is 31.1. The average Bonchev–Trinajstić information content (AvgIpc) is 3.52. The maximum absolute atomic E-state index is 13.3. The van der Waals surface area contributed by atoms with Crippen LogP contribution >= 0.6 is 23.2 Å². The van der Waals surface area contributed by atoms with Crippen LogP contribution in [0.2, 0.25) is 10.0 Å². The first-order valence-corrected chi connectivity index (χ1v) is 15.2. The van der Waals surface area contributed by atoms with E-state index in [-0.39, 0.29) is 64.6 Å². The van der Waals surface area contributed by atoms with Crippen LogP contribution in [-0.4, -0.2) is 90.3 Å². The molecule has 0 spiro atoms. The summed E-state index contributed by atoms with van der Waals surface area (Å²) in [6, 6.07) is 10.4. The molecule has 0 radical (unpaired) electrons. The third-order valence-corrected chi connectivity index (χ3v) is 8.83. The molecule has 18 heteroatoms. The zero-order valence-electron chi connectivity index (χ0n) is 21.9. The van der Waals surface area contributed by atoms with Crippen LogP contribution in [-0.2, 0) is 22.9 Å². The minimum atomic E-state index is -4.98. The Morgan fingerprint density at radius 2 is 1.72 bits per heavy atom. The predicted octanol–water partition coefficient (Wildman–Crippen LogP) is 2.44. The quantitative estimate of drug-likeness (QED) is 0.319. The van der Waals surface area contributed by atoms with E-state index >= 15 is 0 Å². The summed E-state index contributed by atoms with van der Waals surface area (Å²) in [5, 5.41) is 18.7. The minimum absolute atomic E-state index is 0.00756. The van der Waals surface area contributed by atoms with Crippen LogP contribution in [0.3, 0.4) is 0 Å². The Hall–Kier alpha value is -3.73. The van der Waals surface area contributed by atoms with Crippen molar-refractivity contribution in [2.75, 3.05) is 24.6 Å². The third-order valence-electron chi connectivity index (χ3n) is 6.67. The van der Waals surface area contributed by atoms with Gasteiger partial charge in [-0.2, -0.15) is 13.2 Å².